The quantitative estimate of drug-likeness (QED) is 0.712. The Balaban J connectivity index is 2.87. The smallest absolute Gasteiger partial charge is 0.198 e. The molecule has 0 bridgehead atoms. The molecule has 0 aromatic heterocycles. The topological polar surface area (TPSA) is 74.6 Å². The SMILES string of the molecule is CCCC(=O)C1=C(O)[C@H](CCC(C)C)C(O)C1=O. The normalized spacial score (nSPS) is 24.2. The van der Waals surface area contributed by atoms with Crippen molar-refractivity contribution in [3.63, 3.8) is 0 Å². The zero-order valence-corrected chi connectivity index (χ0v) is 11.3. The van der Waals surface area contributed by atoms with Gasteiger partial charge in [0.25, 0.3) is 0 Å². The lowest BCUT2D eigenvalue weighted by atomic mass is 9.94. The third kappa shape index (κ3) is 2.99. The molecular weight excluding hydrogens is 232 g/mol. The lowest BCUT2D eigenvalue weighted by Gasteiger charge is -2.15. The van der Waals surface area contributed by atoms with Crippen molar-refractivity contribution in [2.45, 2.75) is 52.6 Å². The number of hydrogen-bond acceptors (Lipinski definition) is 4. The maximum atomic E-state index is 11.8. The van der Waals surface area contributed by atoms with Gasteiger partial charge in [-0.15, -0.1) is 0 Å². The van der Waals surface area contributed by atoms with Crippen LogP contribution in [-0.2, 0) is 9.59 Å². The highest BCUT2D eigenvalue weighted by atomic mass is 16.3. The van der Waals surface area contributed by atoms with Gasteiger partial charge >= 0.3 is 0 Å². The Bertz CT molecular complexity index is 368. The van der Waals surface area contributed by atoms with E-state index in [1.165, 1.54) is 0 Å². The number of ketones is 2. The molecule has 0 heterocycles. The Labute approximate surface area is 108 Å². The standard InChI is InChI=1S/C14H22O4/c1-4-5-10(15)11-12(16)9(7-6-8(2)3)13(17)14(11)18/h8-9,13,16-17H,4-7H2,1-3H3/t9-,13?/m0/s1. The summed E-state index contributed by atoms with van der Waals surface area (Å²) in [7, 11) is 0. The molecular formula is C14H22O4. The molecule has 1 aliphatic carbocycles. The molecule has 0 aliphatic heterocycles. The highest BCUT2D eigenvalue weighted by Crippen LogP contribution is 2.33. The molecule has 1 rings (SSSR count). The number of aliphatic hydroxyl groups excluding tert-OH is 2. The van der Waals surface area contributed by atoms with E-state index in [0.29, 0.717) is 18.8 Å². The highest BCUT2D eigenvalue weighted by molar-refractivity contribution is 6.23. The lowest BCUT2D eigenvalue weighted by molar-refractivity contribution is -0.126. The van der Waals surface area contributed by atoms with Crippen LogP contribution in [0.15, 0.2) is 11.3 Å². The van der Waals surface area contributed by atoms with Crippen LogP contribution >= 0.6 is 0 Å². The Morgan fingerprint density at radius 2 is 2.00 bits per heavy atom. The summed E-state index contributed by atoms with van der Waals surface area (Å²) in [6, 6.07) is 0. The van der Waals surface area contributed by atoms with Gasteiger partial charge in [-0.2, -0.15) is 0 Å². The van der Waals surface area contributed by atoms with Gasteiger partial charge in [0.05, 0.1) is 5.92 Å². The Morgan fingerprint density at radius 1 is 1.39 bits per heavy atom. The molecule has 0 saturated heterocycles. The van der Waals surface area contributed by atoms with Crippen molar-refractivity contribution < 1.29 is 19.8 Å². The molecule has 0 radical (unpaired) electrons. The van der Waals surface area contributed by atoms with E-state index in [2.05, 4.69) is 0 Å². The van der Waals surface area contributed by atoms with Gasteiger partial charge in [0.1, 0.15) is 17.4 Å². The average Bonchev–Trinajstić information content (AvgIpc) is 2.48. The second kappa shape index (κ2) is 6.14. The molecule has 0 aromatic carbocycles. The molecule has 0 fully saturated rings. The van der Waals surface area contributed by atoms with Gasteiger partial charge in [-0.3, -0.25) is 9.59 Å². The molecule has 0 spiro atoms. The van der Waals surface area contributed by atoms with Gasteiger partial charge in [0.2, 0.25) is 0 Å². The molecule has 1 aliphatic rings. The molecule has 2 atom stereocenters. The van der Waals surface area contributed by atoms with Crippen LogP contribution in [0.5, 0.6) is 0 Å². The lowest BCUT2D eigenvalue weighted by Crippen LogP contribution is -2.25. The minimum atomic E-state index is -1.25. The molecule has 1 unspecified atom stereocenters. The largest absolute Gasteiger partial charge is 0.511 e. The summed E-state index contributed by atoms with van der Waals surface area (Å²) in [4.78, 5) is 23.5. The van der Waals surface area contributed by atoms with E-state index < -0.39 is 17.8 Å². The summed E-state index contributed by atoms with van der Waals surface area (Å²) in [5, 5.41) is 19.8. The molecule has 4 nitrogen and oxygen atoms in total. The number of hydrogen-bond donors (Lipinski definition) is 2. The molecule has 2 N–H and O–H groups in total. The van der Waals surface area contributed by atoms with Crippen molar-refractivity contribution in [1.29, 1.82) is 0 Å². The highest BCUT2D eigenvalue weighted by Gasteiger charge is 2.43. The molecule has 102 valence electrons. The number of Topliss-reactive ketones (excluding diaryl/α,β-unsaturated/α-hetero) is 2. The minimum absolute atomic E-state index is 0.168. The second-order valence-electron chi connectivity index (χ2n) is 5.32. The van der Waals surface area contributed by atoms with Crippen molar-refractivity contribution >= 4 is 11.6 Å². The van der Waals surface area contributed by atoms with Crippen LogP contribution in [-0.4, -0.2) is 27.9 Å². The van der Waals surface area contributed by atoms with Crippen molar-refractivity contribution in [2.24, 2.45) is 11.8 Å². The average molecular weight is 254 g/mol. The summed E-state index contributed by atoms with van der Waals surface area (Å²) in [5.74, 6) is -1.34. The van der Waals surface area contributed by atoms with Crippen LogP contribution in [0.2, 0.25) is 0 Å². The predicted octanol–water partition coefficient (Wildman–Crippen LogP) is 2.16. The van der Waals surface area contributed by atoms with Gasteiger partial charge in [-0.25, -0.2) is 0 Å². The maximum Gasteiger partial charge on any atom is 0.198 e. The van der Waals surface area contributed by atoms with Crippen LogP contribution in [0.3, 0.4) is 0 Å². The molecule has 0 amide bonds. The van der Waals surface area contributed by atoms with E-state index >= 15 is 0 Å². The first-order chi connectivity index (χ1) is 8.40. The fourth-order valence-corrected chi connectivity index (χ4v) is 2.23. The van der Waals surface area contributed by atoms with E-state index in [1.54, 1.807) is 0 Å². The maximum absolute atomic E-state index is 11.8. The van der Waals surface area contributed by atoms with Crippen LogP contribution < -0.4 is 0 Å². The van der Waals surface area contributed by atoms with Crippen molar-refractivity contribution in [2.75, 3.05) is 0 Å². The van der Waals surface area contributed by atoms with E-state index in [1.807, 2.05) is 20.8 Å². The van der Waals surface area contributed by atoms with Crippen molar-refractivity contribution in [3.05, 3.63) is 11.3 Å². The minimum Gasteiger partial charge on any atom is -0.511 e. The molecule has 4 heteroatoms. The first-order valence-corrected chi connectivity index (χ1v) is 6.58. The van der Waals surface area contributed by atoms with Gasteiger partial charge in [-0.1, -0.05) is 27.2 Å². The third-order valence-corrected chi connectivity index (χ3v) is 3.31. The van der Waals surface area contributed by atoms with Gasteiger partial charge < -0.3 is 10.2 Å². The Morgan fingerprint density at radius 3 is 2.50 bits per heavy atom. The summed E-state index contributed by atoms with van der Waals surface area (Å²) >= 11 is 0. The fraction of sp³-hybridized carbons (Fsp3) is 0.714. The predicted molar refractivity (Wildman–Crippen MR) is 68.1 cm³/mol. The van der Waals surface area contributed by atoms with Gasteiger partial charge in [-0.05, 0) is 18.8 Å². The van der Waals surface area contributed by atoms with Gasteiger partial charge in [0.15, 0.2) is 11.6 Å². The van der Waals surface area contributed by atoms with Crippen LogP contribution in [0.4, 0.5) is 0 Å². The first kappa shape index (κ1) is 14.9. The van der Waals surface area contributed by atoms with E-state index in [-0.39, 0.29) is 23.5 Å². The molecule has 18 heavy (non-hydrogen) atoms. The summed E-state index contributed by atoms with van der Waals surface area (Å²) < 4.78 is 0. The zero-order chi connectivity index (χ0) is 13.9. The number of aliphatic hydroxyl groups is 2. The van der Waals surface area contributed by atoms with Crippen LogP contribution in [0.25, 0.3) is 0 Å². The fourth-order valence-electron chi connectivity index (χ4n) is 2.23. The summed E-state index contributed by atoms with van der Waals surface area (Å²) in [5.41, 5.74) is -0.168. The first-order valence-electron chi connectivity index (χ1n) is 6.58. The second-order valence-corrected chi connectivity index (χ2v) is 5.32. The van der Waals surface area contributed by atoms with Crippen LogP contribution in [0.1, 0.15) is 46.5 Å². The zero-order valence-electron chi connectivity index (χ0n) is 11.3. The van der Waals surface area contributed by atoms with E-state index in [4.69, 9.17) is 0 Å². The van der Waals surface area contributed by atoms with Crippen molar-refractivity contribution in [3.8, 4) is 0 Å². The van der Waals surface area contributed by atoms with Gasteiger partial charge in [0, 0.05) is 6.42 Å². The Kier molecular flexibility index (Phi) is 5.08. The number of carbonyl (C=O) groups excluding carboxylic acids is 2. The number of rotatable bonds is 6. The molecule has 0 saturated carbocycles. The third-order valence-electron chi connectivity index (χ3n) is 3.31. The Hall–Kier alpha value is -1.16. The van der Waals surface area contributed by atoms with Crippen LogP contribution in [0, 0.1) is 11.8 Å². The summed E-state index contributed by atoms with van der Waals surface area (Å²) in [6.45, 7) is 5.90. The van der Waals surface area contributed by atoms with E-state index in [0.717, 1.165) is 6.42 Å². The summed E-state index contributed by atoms with van der Waals surface area (Å²) in [6.07, 6.45) is 0.928. The van der Waals surface area contributed by atoms with E-state index in [9.17, 15) is 19.8 Å². The van der Waals surface area contributed by atoms with Crippen molar-refractivity contribution in [1.82, 2.24) is 0 Å². The monoisotopic (exact) mass is 254 g/mol. The molecule has 0 aromatic rings. The number of carbonyl (C=O) groups is 2.